The molecule has 0 aliphatic heterocycles. The van der Waals surface area contributed by atoms with Crippen molar-refractivity contribution in [2.45, 2.75) is 12.1 Å². The fourth-order valence-corrected chi connectivity index (χ4v) is 3.63. The Bertz CT molecular complexity index is 1040. The Balaban J connectivity index is 1.33. The van der Waals surface area contributed by atoms with Gasteiger partial charge in [0.25, 0.3) is 0 Å². The minimum atomic E-state index is -4.52. The molecular formula is C22H18F3N3O2. The molecule has 0 bridgehead atoms. The first-order valence-corrected chi connectivity index (χ1v) is 9.31. The highest BCUT2D eigenvalue weighted by Crippen LogP contribution is 2.44. The van der Waals surface area contributed by atoms with E-state index in [4.69, 9.17) is 4.74 Å². The number of alkyl carbamates (subject to hydrolysis) is 1. The molecule has 0 atom stereocenters. The van der Waals surface area contributed by atoms with Gasteiger partial charge in [0.15, 0.2) is 0 Å². The van der Waals surface area contributed by atoms with E-state index >= 15 is 0 Å². The summed E-state index contributed by atoms with van der Waals surface area (Å²) in [6.07, 6.45) is -1.43. The number of nitrogens with one attached hydrogen (secondary N) is 2. The molecule has 0 spiro atoms. The first-order valence-electron chi connectivity index (χ1n) is 9.31. The largest absolute Gasteiger partial charge is 0.449 e. The van der Waals surface area contributed by atoms with Crippen molar-refractivity contribution < 1.29 is 22.7 Å². The van der Waals surface area contributed by atoms with Crippen molar-refractivity contribution in [3.8, 4) is 11.1 Å². The summed E-state index contributed by atoms with van der Waals surface area (Å²) in [5.41, 5.74) is 3.44. The van der Waals surface area contributed by atoms with E-state index in [2.05, 4.69) is 10.4 Å². The summed E-state index contributed by atoms with van der Waals surface area (Å²) in [6.45, 7) is 0.197. The summed E-state index contributed by atoms with van der Waals surface area (Å²) in [7, 11) is 0. The maximum Gasteiger partial charge on any atom is 0.433 e. The Morgan fingerprint density at radius 2 is 1.73 bits per heavy atom. The number of nitrogens with zero attached hydrogens (tertiary/aromatic N) is 1. The molecule has 154 valence electrons. The third kappa shape index (κ3) is 3.94. The zero-order valence-corrected chi connectivity index (χ0v) is 15.7. The van der Waals surface area contributed by atoms with Gasteiger partial charge in [-0.05, 0) is 22.3 Å². The maximum atomic E-state index is 12.8. The van der Waals surface area contributed by atoms with Crippen molar-refractivity contribution in [2.75, 3.05) is 13.2 Å². The van der Waals surface area contributed by atoms with Crippen molar-refractivity contribution in [3.63, 3.8) is 0 Å². The van der Waals surface area contributed by atoms with Crippen LogP contribution in [0.1, 0.15) is 28.3 Å². The quantitative estimate of drug-likeness (QED) is 0.620. The highest BCUT2D eigenvalue weighted by Gasteiger charge is 2.34. The molecule has 8 heteroatoms. The van der Waals surface area contributed by atoms with Crippen LogP contribution in [0.15, 0.2) is 60.8 Å². The second-order valence-corrected chi connectivity index (χ2v) is 6.81. The van der Waals surface area contributed by atoms with Gasteiger partial charge in [-0.15, -0.1) is 0 Å². The van der Waals surface area contributed by atoms with Crippen LogP contribution in [-0.4, -0.2) is 29.4 Å². The lowest BCUT2D eigenvalue weighted by atomic mass is 9.98. The van der Waals surface area contributed by atoms with Crippen molar-refractivity contribution in [1.29, 1.82) is 0 Å². The molecule has 0 unspecified atom stereocenters. The fourth-order valence-electron chi connectivity index (χ4n) is 3.63. The van der Waals surface area contributed by atoms with Crippen LogP contribution < -0.4 is 5.32 Å². The Hall–Kier alpha value is -3.55. The minimum absolute atomic E-state index is 0.0269. The number of halogens is 3. The summed E-state index contributed by atoms with van der Waals surface area (Å²) in [5.74, 6) is -0.0565. The van der Waals surface area contributed by atoms with E-state index in [-0.39, 0.29) is 24.6 Å². The zero-order valence-electron chi connectivity index (χ0n) is 15.7. The molecular weight excluding hydrogens is 395 g/mol. The van der Waals surface area contributed by atoms with E-state index in [1.165, 1.54) is 12.2 Å². The van der Waals surface area contributed by atoms with Gasteiger partial charge in [0.1, 0.15) is 12.3 Å². The number of benzene rings is 2. The molecule has 1 aliphatic rings. The molecule has 1 heterocycles. The number of hydrogen-bond donors (Lipinski definition) is 2. The highest BCUT2D eigenvalue weighted by molar-refractivity contribution is 5.79. The van der Waals surface area contributed by atoms with Crippen LogP contribution in [-0.2, 0) is 10.9 Å². The Morgan fingerprint density at radius 1 is 1.10 bits per heavy atom. The summed E-state index contributed by atoms with van der Waals surface area (Å²) < 4.78 is 43.7. The van der Waals surface area contributed by atoms with Gasteiger partial charge in [-0.3, -0.25) is 5.10 Å². The number of aromatic nitrogens is 2. The second-order valence-electron chi connectivity index (χ2n) is 6.81. The Labute approximate surface area is 170 Å². The molecule has 1 aromatic heterocycles. The number of rotatable bonds is 5. The monoisotopic (exact) mass is 413 g/mol. The molecule has 1 aliphatic carbocycles. The first kappa shape index (κ1) is 19.8. The van der Waals surface area contributed by atoms with E-state index < -0.39 is 18.0 Å². The number of fused-ring (bicyclic) bond motifs is 3. The van der Waals surface area contributed by atoms with Gasteiger partial charge in [0, 0.05) is 18.0 Å². The Kier molecular flexibility index (Phi) is 5.31. The van der Waals surface area contributed by atoms with Crippen LogP contribution in [0.2, 0.25) is 0 Å². The molecule has 0 fully saturated rings. The van der Waals surface area contributed by atoms with Crippen molar-refractivity contribution in [2.24, 2.45) is 0 Å². The summed E-state index contributed by atoms with van der Waals surface area (Å²) in [6, 6.07) is 16.0. The standard InChI is InChI=1S/C22H18F3N3O2/c23-22(24,25)20-14(12-27-28-20)6-5-11-26-21(29)30-13-19-17-9-3-1-7-15(17)16-8-2-4-10-18(16)19/h1-10,12,19H,11,13H2,(H,26,29)(H,27,28). The number of alkyl halides is 3. The lowest BCUT2D eigenvalue weighted by Crippen LogP contribution is -2.26. The van der Waals surface area contributed by atoms with E-state index in [1.807, 2.05) is 53.6 Å². The summed E-state index contributed by atoms with van der Waals surface area (Å²) in [5, 5.41) is 7.84. The third-order valence-corrected chi connectivity index (χ3v) is 4.96. The lowest BCUT2D eigenvalue weighted by Gasteiger charge is -2.14. The molecule has 1 amide bonds. The van der Waals surface area contributed by atoms with Crippen molar-refractivity contribution in [3.05, 3.63) is 83.2 Å². The fraction of sp³-hybridized carbons (Fsp3) is 0.182. The molecule has 5 nitrogen and oxygen atoms in total. The number of carbonyl (C=O) groups is 1. The number of hydrogen-bond acceptors (Lipinski definition) is 3. The average molecular weight is 413 g/mol. The molecule has 0 radical (unpaired) electrons. The van der Waals surface area contributed by atoms with Gasteiger partial charge >= 0.3 is 12.3 Å². The lowest BCUT2D eigenvalue weighted by molar-refractivity contribution is -0.141. The van der Waals surface area contributed by atoms with E-state index in [0.717, 1.165) is 28.5 Å². The molecule has 0 saturated heterocycles. The average Bonchev–Trinajstić information content (AvgIpc) is 3.33. The van der Waals surface area contributed by atoms with E-state index in [9.17, 15) is 18.0 Å². The van der Waals surface area contributed by atoms with Gasteiger partial charge in [-0.1, -0.05) is 60.7 Å². The molecule has 3 aromatic rings. The molecule has 4 rings (SSSR count). The molecule has 2 N–H and O–H groups in total. The van der Waals surface area contributed by atoms with Gasteiger partial charge in [0.2, 0.25) is 0 Å². The van der Waals surface area contributed by atoms with Crippen molar-refractivity contribution in [1.82, 2.24) is 15.5 Å². The zero-order chi connectivity index (χ0) is 21.1. The first-order chi connectivity index (χ1) is 14.4. The smallest absolute Gasteiger partial charge is 0.433 e. The van der Waals surface area contributed by atoms with Crippen LogP contribution >= 0.6 is 0 Å². The van der Waals surface area contributed by atoms with Gasteiger partial charge in [0.05, 0.1) is 6.20 Å². The predicted molar refractivity (Wildman–Crippen MR) is 106 cm³/mol. The van der Waals surface area contributed by atoms with Crippen LogP contribution in [0.4, 0.5) is 18.0 Å². The van der Waals surface area contributed by atoms with Crippen LogP contribution in [0, 0.1) is 0 Å². The highest BCUT2D eigenvalue weighted by atomic mass is 19.4. The van der Waals surface area contributed by atoms with Crippen LogP contribution in [0.3, 0.4) is 0 Å². The summed E-state index contributed by atoms with van der Waals surface area (Å²) in [4.78, 5) is 12.0. The van der Waals surface area contributed by atoms with Gasteiger partial charge in [-0.25, -0.2) is 4.79 Å². The second kappa shape index (κ2) is 8.06. The number of ether oxygens (including phenoxy) is 1. The van der Waals surface area contributed by atoms with Gasteiger partial charge in [-0.2, -0.15) is 18.3 Å². The SMILES string of the molecule is O=C(NCC=Cc1cn[nH]c1C(F)(F)F)OCC1c2ccccc2-c2ccccc21. The molecule has 0 saturated carbocycles. The van der Waals surface area contributed by atoms with Crippen LogP contribution in [0.25, 0.3) is 17.2 Å². The normalized spacial score (nSPS) is 13.3. The number of amides is 1. The molecule has 30 heavy (non-hydrogen) atoms. The Morgan fingerprint density at radius 3 is 2.37 bits per heavy atom. The number of H-pyrrole nitrogens is 1. The maximum absolute atomic E-state index is 12.8. The number of aromatic amines is 1. The number of carbonyl (C=O) groups excluding carboxylic acids is 1. The van der Waals surface area contributed by atoms with E-state index in [0.29, 0.717) is 0 Å². The topological polar surface area (TPSA) is 67.0 Å². The minimum Gasteiger partial charge on any atom is -0.449 e. The van der Waals surface area contributed by atoms with Gasteiger partial charge < -0.3 is 10.1 Å². The summed E-state index contributed by atoms with van der Waals surface area (Å²) >= 11 is 0. The van der Waals surface area contributed by atoms with Crippen molar-refractivity contribution >= 4 is 12.2 Å². The molecule has 2 aromatic carbocycles. The predicted octanol–water partition coefficient (Wildman–Crippen LogP) is 4.98. The third-order valence-electron chi connectivity index (χ3n) is 4.96. The van der Waals surface area contributed by atoms with E-state index in [1.54, 1.807) is 0 Å². The van der Waals surface area contributed by atoms with Crippen LogP contribution in [0.5, 0.6) is 0 Å².